The zero-order valence-corrected chi connectivity index (χ0v) is 25.5. The van der Waals surface area contributed by atoms with Gasteiger partial charge in [-0.25, -0.2) is 4.79 Å². The molecule has 1 N–H and O–H groups in total. The van der Waals surface area contributed by atoms with Gasteiger partial charge >= 0.3 is 12.3 Å². The number of aromatic nitrogens is 3. The smallest absolute Gasteiger partial charge is 0.477 e. The van der Waals surface area contributed by atoms with Crippen molar-refractivity contribution in [2.45, 2.75) is 95.5 Å². The van der Waals surface area contributed by atoms with Crippen molar-refractivity contribution in [3.63, 3.8) is 0 Å². The van der Waals surface area contributed by atoms with E-state index in [4.69, 9.17) is 9.26 Å². The summed E-state index contributed by atoms with van der Waals surface area (Å²) in [6.45, 7) is 4.00. The van der Waals surface area contributed by atoms with Crippen LogP contribution in [0.25, 0.3) is 22.5 Å². The number of alkyl halides is 3. The number of benzene rings is 2. The molecule has 0 amide bonds. The van der Waals surface area contributed by atoms with E-state index in [0.717, 1.165) is 49.8 Å². The third-order valence-electron chi connectivity index (χ3n) is 9.19. The van der Waals surface area contributed by atoms with E-state index in [9.17, 15) is 23.1 Å². The highest BCUT2D eigenvalue weighted by molar-refractivity contribution is 5.87. The molecule has 2 aromatic heterocycles. The van der Waals surface area contributed by atoms with E-state index >= 15 is 0 Å². The van der Waals surface area contributed by atoms with Crippen molar-refractivity contribution in [1.82, 2.24) is 14.9 Å². The summed E-state index contributed by atoms with van der Waals surface area (Å²) in [5, 5.41) is 18.3. The van der Waals surface area contributed by atoms with E-state index in [1.807, 2.05) is 26.0 Å². The van der Waals surface area contributed by atoms with Crippen molar-refractivity contribution in [3.05, 3.63) is 71.6 Å². The number of fused-ring (bicyclic) bond motifs is 2. The van der Waals surface area contributed by atoms with Gasteiger partial charge in [0.2, 0.25) is 0 Å². The lowest BCUT2D eigenvalue weighted by Gasteiger charge is -2.40. The van der Waals surface area contributed by atoms with Crippen LogP contribution < -0.4 is 9.64 Å². The zero-order chi connectivity index (χ0) is 32.2. The minimum Gasteiger partial charge on any atom is -0.477 e. The molecule has 12 heteroatoms. The number of halogens is 3. The Hall–Kier alpha value is -4.32. The number of rotatable bonds is 10. The SMILES string of the molecule is CC(C)n1nc(-c2ccc(N3[C@@H]4CC[C@H]3C[C@H](OCc3c(-c5ccccc5OC(F)(F)F)noc3C3CC3)C4)cc2)cc1C(=O)O. The maximum atomic E-state index is 13.2. The largest absolute Gasteiger partial charge is 0.573 e. The summed E-state index contributed by atoms with van der Waals surface area (Å²) in [4.78, 5) is 14.2. The molecule has 2 aromatic carbocycles. The fourth-order valence-electron chi connectivity index (χ4n) is 6.99. The predicted octanol–water partition coefficient (Wildman–Crippen LogP) is 7.98. The lowest BCUT2D eigenvalue weighted by molar-refractivity contribution is -0.274. The van der Waals surface area contributed by atoms with Gasteiger partial charge in [0, 0.05) is 46.4 Å². The molecule has 3 atom stereocenters. The number of hydrogen-bond acceptors (Lipinski definition) is 7. The molecule has 0 unspecified atom stereocenters. The van der Waals surface area contributed by atoms with E-state index in [-0.39, 0.29) is 41.7 Å². The van der Waals surface area contributed by atoms with Gasteiger partial charge < -0.3 is 24.0 Å². The number of carboxylic acid groups (broad SMARTS) is 1. The number of ether oxygens (including phenoxy) is 2. The normalized spacial score (nSPS) is 21.3. The Labute approximate surface area is 263 Å². The Bertz CT molecular complexity index is 1710. The molecule has 4 aromatic rings. The van der Waals surface area contributed by atoms with Crippen molar-refractivity contribution in [3.8, 4) is 28.3 Å². The van der Waals surface area contributed by atoms with Crippen molar-refractivity contribution in [2.24, 2.45) is 0 Å². The lowest BCUT2D eigenvalue weighted by atomic mass is 9.98. The van der Waals surface area contributed by atoms with Crippen molar-refractivity contribution in [1.29, 1.82) is 0 Å². The number of anilines is 1. The number of nitrogens with zero attached hydrogens (tertiary/aromatic N) is 4. The maximum Gasteiger partial charge on any atom is 0.573 e. The fourth-order valence-corrected chi connectivity index (χ4v) is 6.99. The maximum absolute atomic E-state index is 13.2. The quantitative estimate of drug-likeness (QED) is 0.187. The van der Waals surface area contributed by atoms with Gasteiger partial charge in [-0.3, -0.25) is 4.68 Å². The molecule has 3 fully saturated rings. The Morgan fingerprint density at radius 2 is 1.74 bits per heavy atom. The molecule has 2 bridgehead atoms. The summed E-state index contributed by atoms with van der Waals surface area (Å²) < 4.78 is 57.5. The van der Waals surface area contributed by atoms with Crippen LogP contribution in [0, 0.1) is 0 Å². The summed E-state index contributed by atoms with van der Waals surface area (Å²) in [5.41, 5.74) is 4.00. The van der Waals surface area contributed by atoms with Gasteiger partial charge in [-0.2, -0.15) is 5.10 Å². The molecule has 2 saturated heterocycles. The average molecular weight is 637 g/mol. The van der Waals surface area contributed by atoms with E-state index in [1.54, 1.807) is 18.2 Å². The van der Waals surface area contributed by atoms with Crippen LogP contribution in [0.15, 0.2) is 59.1 Å². The minimum atomic E-state index is -4.83. The van der Waals surface area contributed by atoms with Crippen LogP contribution in [0.4, 0.5) is 18.9 Å². The Morgan fingerprint density at radius 1 is 1.04 bits per heavy atom. The molecule has 3 aliphatic rings. The van der Waals surface area contributed by atoms with Crippen LogP contribution in [0.2, 0.25) is 0 Å². The molecule has 0 spiro atoms. The number of para-hydroxylation sites is 1. The summed E-state index contributed by atoms with van der Waals surface area (Å²) >= 11 is 0. The fraction of sp³-hybridized carbons (Fsp3) is 0.441. The summed E-state index contributed by atoms with van der Waals surface area (Å²) in [7, 11) is 0. The molecule has 46 heavy (non-hydrogen) atoms. The minimum absolute atomic E-state index is 0.0149. The second kappa shape index (κ2) is 11.8. The number of piperidine rings is 1. The Morgan fingerprint density at radius 3 is 2.35 bits per heavy atom. The third kappa shape index (κ3) is 5.97. The molecule has 242 valence electrons. The average Bonchev–Trinajstić information content (AvgIpc) is 3.50. The number of carboxylic acids is 1. The first kappa shape index (κ1) is 30.3. The Balaban J connectivity index is 1.05. The van der Waals surface area contributed by atoms with Crippen LogP contribution in [0.1, 0.15) is 86.1 Å². The monoisotopic (exact) mass is 636 g/mol. The van der Waals surface area contributed by atoms with Crippen LogP contribution in [0.3, 0.4) is 0 Å². The Kier molecular flexibility index (Phi) is 7.78. The second-order valence-corrected chi connectivity index (χ2v) is 12.7. The molecule has 0 radical (unpaired) electrons. The topological polar surface area (TPSA) is 103 Å². The van der Waals surface area contributed by atoms with Gasteiger partial charge in [-0.15, -0.1) is 13.2 Å². The van der Waals surface area contributed by atoms with E-state index in [2.05, 4.69) is 32.0 Å². The van der Waals surface area contributed by atoms with Crippen LogP contribution in [-0.4, -0.2) is 50.6 Å². The van der Waals surface area contributed by atoms with Crippen LogP contribution >= 0.6 is 0 Å². The zero-order valence-electron chi connectivity index (χ0n) is 25.5. The molecular formula is C34H35F3N4O5. The molecule has 7 rings (SSSR count). The summed E-state index contributed by atoms with van der Waals surface area (Å²) in [5.74, 6) is -0.438. The van der Waals surface area contributed by atoms with Crippen LogP contribution in [0.5, 0.6) is 5.75 Å². The second-order valence-electron chi connectivity index (χ2n) is 12.7. The lowest BCUT2D eigenvalue weighted by Crippen LogP contribution is -2.45. The van der Waals surface area contributed by atoms with E-state index < -0.39 is 12.3 Å². The van der Waals surface area contributed by atoms with Crippen LogP contribution in [-0.2, 0) is 11.3 Å². The van der Waals surface area contributed by atoms with Crippen molar-refractivity contribution in [2.75, 3.05) is 4.90 Å². The van der Waals surface area contributed by atoms with E-state index in [0.29, 0.717) is 34.8 Å². The first-order valence-corrected chi connectivity index (χ1v) is 15.7. The first-order chi connectivity index (χ1) is 22.1. The summed E-state index contributed by atoms with van der Waals surface area (Å²) in [6.07, 6.45) is 0.789. The summed E-state index contributed by atoms with van der Waals surface area (Å²) in [6, 6.07) is 16.2. The van der Waals surface area contributed by atoms with Gasteiger partial charge in [0.25, 0.3) is 0 Å². The van der Waals surface area contributed by atoms with Crippen molar-refractivity contribution >= 4 is 11.7 Å². The molecule has 9 nitrogen and oxygen atoms in total. The van der Waals surface area contributed by atoms with Gasteiger partial charge in [0.05, 0.1) is 18.4 Å². The highest BCUT2D eigenvalue weighted by Gasteiger charge is 2.42. The van der Waals surface area contributed by atoms with Gasteiger partial charge in [-0.05, 0) is 82.7 Å². The standard InChI is InChI=1S/C34H35F3N4O5/c1-19(2)41-29(33(42)43)17-28(38-41)20-9-11-22(12-10-20)40-23-13-14-24(40)16-25(15-23)44-18-27-31(39-46-32(27)21-7-8-21)26-5-3-4-6-30(26)45-34(35,36)37/h3-6,9-12,17,19,21,23-25H,7-8,13-16,18H2,1-2H3,(H,42,43)/t23-,24+,25-. The molecule has 1 saturated carbocycles. The predicted molar refractivity (Wildman–Crippen MR) is 163 cm³/mol. The number of carbonyl (C=O) groups is 1. The molecule has 4 heterocycles. The highest BCUT2D eigenvalue weighted by atomic mass is 19.4. The molecule has 1 aliphatic carbocycles. The number of hydrogen-bond donors (Lipinski definition) is 1. The molecular weight excluding hydrogens is 601 g/mol. The van der Waals surface area contributed by atoms with E-state index in [1.165, 1.54) is 16.8 Å². The third-order valence-corrected chi connectivity index (χ3v) is 9.19. The van der Waals surface area contributed by atoms with Gasteiger partial charge in [0.15, 0.2) is 0 Å². The van der Waals surface area contributed by atoms with Crippen molar-refractivity contribution < 1.29 is 37.1 Å². The highest BCUT2D eigenvalue weighted by Crippen LogP contribution is 2.46. The number of aromatic carboxylic acids is 1. The first-order valence-electron chi connectivity index (χ1n) is 15.7. The van der Waals surface area contributed by atoms with Gasteiger partial charge in [0.1, 0.15) is 22.9 Å². The van der Waals surface area contributed by atoms with Gasteiger partial charge in [-0.1, -0.05) is 29.4 Å². The molecule has 2 aliphatic heterocycles.